The summed E-state index contributed by atoms with van der Waals surface area (Å²) >= 11 is 5.94. The van der Waals surface area contributed by atoms with Crippen molar-refractivity contribution in [2.45, 2.75) is 27.1 Å². The maximum absolute atomic E-state index is 11.4. The summed E-state index contributed by atoms with van der Waals surface area (Å²) in [6.45, 7) is 6.32. The second-order valence-corrected chi connectivity index (χ2v) is 4.72. The highest BCUT2D eigenvalue weighted by molar-refractivity contribution is 6.42. The quantitative estimate of drug-likeness (QED) is 0.862. The Bertz CT molecular complexity index is 539. The van der Waals surface area contributed by atoms with Gasteiger partial charge in [0.15, 0.2) is 5.03 Å². The zero-order valence-corrected chi connectivity index (χ0v) is 11.9. The van der Waals surface area contributed by atoms with E-state index in [-0.39, 0.29) is 5.03 Å². The van der Waals surface area contributed by atoms with Crippen molar-refractivity contribution >= 4 is 23.3 Å². The highest BCUT2D eigenvalue weighted by atomic mass is 35.5. The van der Waals surface area contributed by atoms with Crippen LogP contribution in [0, 0.1) is 13.8 Å². The van der Waals surface area contributed by atoms with E-state index in [1.165, 1.54) is 5.56 Å². The van der Waals surface area contributed by atoms with Gasteiger partial charge in [-0.3, -0.25) is 0 Å². The molecule has 1 aromatic carbocycles. The number of esters is 1. The lowest BCUT2D eigenvalue weighted by Gasteiger charge is -2.16. The van der Waals surface area contributed by atoms with Crippen LogP contribution in [0.3, 0.4) is 0 Å². The molecule has 1 aromatic rings. The smallest absolute Gasteiger partial charge is 0.354 e. The minimum atomic E-state index is -0.758. The van der Waals surface area contributed by atoms with E-state index in [2.05, 4.69) is 5.32 Å². The van der Waals surface area contributed by atoms with Gasteiger partial charge in [-0.15, -0.1) is 0 Å². The summed E-state index contributed by atoms with van der Waals surface area (Å²) < 4.78 is 10.4. The van der Waals surface area contributed by atoms with Gasteiger partial charge in [-0.1, -0.05) is 17.7 Å². The third kappa shape index (κ3) is 2.91. The molecule has 19 heavy (non-hydrogen) atoms. The fraction of sp³-hybridized carbons (Fsp3) is 0.357. The molecule has 0 spiro atoms. The van der Waals surface area contributed by atoms with Crippen LogP contribution in [-0.2, 0) is 14.3 Å². The zero-order valence-electron chi connectivity index (χ0n) is 11.1. The van der Waals surface area contributed by atoms with Gasteiger partial charge in [0.2, 0.25) is 6.29 Å². The number of halogens is 1. The molecule has 0 bridgehead atoms. The maximum atomic E-state index is 11.4. The number of aryl methyl sites for hydroxylation is 2. The third-order valence-electron chi connectivity index (χ3n) is 2.97. The van der Waals surface area contributed by atoms with Crippen molar-refractivity contribution in [1.29, 1.82) is 0 Å². The first-order chi connectivity index (χ1) is 9.02. The van der Waals surface area contributed by atoms with Gasteiger partial charge in [0, 0.05) is 12.3 Å². The average molecular weight is 282 g/mol. The summed E-state index contributed by atoms with van der Waals surface area (Å²) in [7, 11) is 0. The lowest BCUT2D eigenvalue weighted by molar-refractivity contribution is -0.158. The van der Waals surface area contributed by atoms with E-state index in [0.717, 1.165) is 11.3 Å². The summed E-state index contributed by atoms with van der Waals surface area (Å²) in [6.07, 6.45) is -0.758. The first-order valence-electron chi connectivity index (χ1n) is 6.09. The van der Waals surface area contributed by atoms with Crippen LogP contribution in [0.5, 0.6) is 0 Å². The molecule has 102 valence electrons. The molecule has 0 saturated heterocycles. The van der Waals surface area contributed by atoms with E-state index in [1.54, 1.807) is 0 Å². The Balaban J connectivity index is 2.24. The molecule has 2 rings (SSSR count). The molecule has 4 nitrogen and oxygen atoms in total. The zero-order chi connectivity index (χ0) is 14.0. The molecule has 1 N–H and O–H groups in total. The highest BCUT2D eigenvalue weighted by Crippen LogP contribution is 2.28. The van der Waals surface area contributed by atoms with Crippen molar-refractivity contribution in [2.75, 3.05) is 11.9 Å². The van der Waals surface area contributed by atoms with Crippen molar-refractivity contribution in [2.24, 2.45) is 0 Å². The average Bonchev–Trinajstić information content (AvgIpc) is 2.62. The predicted octanol–water partition coefficient (Wildman–Crippen LogP) is 3.09. The molecular weight excluding hydrogens is 266 g/mol. The number of benzene rings is 1. The second-order valence-electron chi connectivity index (χ2n) is 4.34. The Morgan fingerprint density at radius 1 is 1.37 bits per heavy atom. The van der Waals surface area contributed by atoms with Crippen LogP contribution in [0.1, 0.15) is 18.1 Å². The van der Waals surface area contributed by atoms with Gasteiger partial charge >= 0.3 is 5.97 Å². The normalized spacial score (nSPS) is 18.7. The number of nitrogens with one attached hydrogen (secondary N) is 1. The van der Waals surface area contributed by atoms with Crippen molar-refractivity contribution in [3.63, 3.8) is 0 Å². The van der Waals surface area contributed by atoms with Crippen LogP contribution in [-0.4, -0.2) is 18.9 Å². The standard InChI is InChI=1S/C14H16ClNO3/c1-4-18-14-12(11(15)13(17)19-14)16-10-6-5-8(2)9(3)7-10/h5-7,14,16H,4H2,1-3H3/t14-/m0/s1. The summed E-state index contributed by atoms with van der Waals surface area (Å²) in [5.41, 5.74) is 3.65. The Morgan fingerprint density at radius 3 is 2.74 bits per heavy atom. The molecule has 0 radical (unpaired) electrons. The fourth-order valence-electron chi connectivity index (χ4n) is 1.78. The molecule has 1 heterocycles. The highest BCUT2D eigenvalue weighted by Gasteiger charge is 2.34. The van der Waals surface area contributed by atoms with E-state index in [4.69, 9.17) is 21.1 Å². The number of rotatable bonds is 4. The Hall–Kier alpha value is -1.52. The first-order valence-corrected chi connectivity index (χ1v) is 6.47. The molecular formula is C14H16ClNO3. The van der Waals surface area contributed by atoms with Crippen molar-refractivity contribution < 1.29 is 14.3 Å². The number of hydrogen-bond donors (Lipinski definition) is 1. The molecule has 0 fully saturated rings. The lowest BCUT2D eigenvalue weighted by Crippen LogP contribution is -2.20. The van der Waals surface area contributed by atoms with Gasteiger partial charge in [0.1, 0.15) is 5.70 Å². The van der Waals surface area contributed by atoms with Gasteiger partial charge in [-0.2, -0.15) is 0 Å². The lowest BCUT2D eigenvalue weighted by atomic mass is 10.1. The Labute approximate surface area is 117 Å². The molecule has 1 aliphatic heterocycles. The SMILES string of the molecule is CCO[C@H]1OC(=O)C(Cl)=C1Nc1ccc(C)c(C)c1. The van der Waals surface area contributed by atoms with Crippen molar-refractivity contribution in [3.05, 3.63) is 40.1 Å². The van der Waals surface area contributed by atoms with Gasteiger partial charge in [-0.05, 0) is 44.0 Å². The number of carbonyl (C=O) groups excluding carboxylic acids is 1. The maximum Gasteiger partial charge on any atom is 0.354 e. The second kappa shape index (κ2) is 5.63. The molecule has 0 unspecified atom stereocenters. The largest absolute Gasteiger partial charge is 0.425 e. The van der Waals surface area contributed by atoms with Crippen LogP contribution in [0.4, 0.5) is 5.69 Å². The van der Waals surface area contributed by atoms with Crippen molar-refractivity contribution in [1.82, 2.24) is 0 Å². The molecule has 1 atom stereocenters. The van der Waals surface area contributed by atoms with E-state index >= 15 is 0 Å². The number of ether oxygens (including phenoxy) is 2. The van der Waals surface area contributed by atoms with Crippen LogP contribution in [0.25, 0.3) is 0 Å². The minimum absolute atomic E-state index is 0.0386. The van der Waals surface area contributed by atoms with E-state index in [0.29, 0.717) is 12.3 Å². The summed E-state index contributed by atoms with van der Waals surface area (Å²) in [4.78, 5) is 11.4. The van der Waals surface area contributed by atoms with Crippen LogP contribution in [0.15, 0.2) is 28.9 Å². The molecule has 0 aliphatic carbocycles. The number of hydrogen-bond acceptors (Lipinski definition) is 4. The van der Waals surface area contributed by atoms with Crippen LogP contribution >= 0.6 is 11.6 Å². The number of cyclic esters (lactones) is 1. The Morgan fingerprint density at radius 2 is 2.11 bits per heavy atom. The summed E-state index contributed by atoms with van der Waals surface area (Å²) in [5.74, 6) is -0.563. The molecule has 0 saturated carbocycles. The van der Waals surface area contributed by atoms with Crippen LogP contribution < -0.4 is 5.32 Å². The monoisotopic (exact) mass is 281 g/mol. The molecule has 0 aromatic heterocycles. The number of anilines is 1. The van der Waals surface area contributed by atoms with E-state index < -0.39 is 12.3 Å². The Kier molecular flexibility index (Phi) is 4.12. The van der Waals surface area contributed by atoms with E-state index in [9.17, 15) is 4.79 Å². The number of carbonyl (C=O) groups is 1. The minimum Gasteiger partial charge on any atom is -0.425 e. The van der Waals surface area contributed by atoms with Gasteiger partial charge in [0.05, 0.1) is 0 Å². The first kappa shape index (κ1) is 13.9. The topological polar surface area (TPSA) is 47.6 Å². The molecule has 1 aliphatic rings. The van der Waals surface area contributed by atoms with Gasteiger partial charge < -0.3 is 14.8 Å². The molecule has 0 amide bonds. The van der Waals surface area contributed by atoms with Gasteiger partial charge in [-0.25, -0.2) is 4.79 Å². The van der Waals surface area contributed by atoms with E-state index in [1.807, 2.05) is 39.0 Å². The summed E-state index contributed by atoms with van der Waals surface area (Å²) in [5, 5.41) is 3.14. The fourth-order valence-corrected chi connectivity index (χ4v) is 1.96. The van der Waals surface area contributed by atoms with Crippen molar-refractivity contribution in [3.8, 4) is 0 Å². The van der Waals surface area contributed by atoms with Gasteiger partial charge in [0.25, 0.3) is 0 Å². The predicted molar refractivity (Wildman–Crippen MR) is 73.9 cm³/mol. The van der Waals surface area contributed by atoms with Crippen LogP contribution in [0.2, 0.25) is 0 Å². The molecule has 5 heteroatoms. The summed E-state index contributed by atoms with van der Waals surface area (Å²) in [6, 6.07) is 5.91. The third-order valence-corrected chi connectivity index (χ3v) is 3.33.